The van der Waals surface area contributed by atoms with Crippen LogP contribution < -0.4 is 10.5 Å². The van der Waals surface area contributed by atoms with Crippen molar-refractivity contribution in [3.63, 3.8) is 0 Å². The Bertz CT molecular complexity index is 3390. The average molecular weight is 1200 g/mol. The van der Waals surface area contributed by atoms with Crippen LogP contribution in [0.1, 0.15) is 33.4 Å². The van der Waals surface area contributed by atoms with Crippen molar-refractivity contribution < 1.29 is 21.1 Å². The summed E-state index contributed by atoms with van der Waals surface area (Å²) in [7, 11) is 0. The average Bonchev–Trinajstić information content (AvgIpc) is 3.98. The molecule has 0 atom stereocenters. The number of hydrogen-bond donors (Lipinski definition) is 0. The molecule has 11 aromatic rings. The van der Waals surface area contributed by atoms with Gasteiger partial charge in [0.15, 0.2) is 0 Å². The van der Waals surface area contributed by atoms with Crippen molar-refractivity contribution in [3.05, 3.63) is 222 Å². The van der Waals surface area contributed by atoms with Crippen LogP contribution in [0.5, 0.6) is 0 Å². The second-order valence-electron chi connectivity index (χ2n) is 17.5. The van der Waals surface area contributed by atoms with E-state index in [1.165, 1.54) is 85.3 Å². The summed E-state index contributed by atoms with van der Waals surface area (Å²) < 4.78 is 6.36. The minimum atomic E-state index is -3.09. The third kappa shape index (κ3) is 8.67. The Labute approximate surface area is 429 Å². The Hall–Kier alpha value is -5.73. The summed E-state index contributed by atoms with van der Waals surface area (Å²) in [6.45, 7) is 13.4. The summed E-state index contributed by atoms with van der Waals surface area (Å²) in [6, 6.07) is 68.4. The first kappa shape index (κ1) is 46.0. The van der Waals surface area contributed by atoms with E-state index in [-0.39, 0.29) is 21.1 Å². The predicted molar refractivity (Wildman–Crippen MR) is 289 cm³/mol. The molecule has 0 aliphatic heterocycles. The van der Waals surface area contributed by atoms with E-state index in [0.717, 1.165) is 44.4 Å². The largest absolute Gasteiger partial charge is 2.00 e. The van der Waals surface area contributed by atoms with Gasteiger partial charge in [-0.25, -0.2) is 0 Å². The Morgan fingerprint density at radius 1 is 0.397 bits per heavy atom. The molecule has 0 aliphatic rings. The van der Waals surface area contributed by atoms with Crippen LogP contribution >= 0.6 is 22.7 Å². The molecule has 6 heteroatoms. The van der Waals surface area contributed by atoms with Crippen molar-refractivity contribution in [2.45, 2.75) is 41.5 Å². The van der Waals surface area contributed by atoms with Crippen molar-refractivity contribution in [1.82, 2.24) is 9.97 Å². The number of rotatable bonds is 9. The molecule has 2 nitrogen and oxygen atoms in total. The molecule has 0 amide bonds. The van der Waals surface area contributed by atoms with E-state index in [4.69, 9.17) is 9.97 Å². The number of benzene rings is 7. The Morgan fingerprint density at radius 2 is 0.779 bits per heavy atom. The van der Waals surface area contributed by atoms with Crippen molar-refractivity contribution in [3.8, 4) is 65.6 Å². The number of fused-ring (bicyclic) bond motifs is 2. The molecule has 4 heterocycles. The fourth-order valence-corrected chi connectivity index (χ4v) is 19.6. The molecule has 0 saturated heterocycles. The molecular formula is C62H47N2PtS2Sb. The maximum atomic E-state index is 5.20. The summed E-state index contributed by atoms with van der Waals surface area (Å²) in [5, 5.41) is 2.31. The Morgan fingerprint density at radius 3 is 1.18 bits per heavy atom. The zero-order chi connectivity index (χ0) is 45.8. The van der Waals surface area contributed by atoms with Crippen molar-refractivity contribution in [2.75, 3.05) is 0 Å². The molecule has 0 fully saturated rings. The van der Waals surface area contributed by atoms with E-state index in [0.29, 0.717) is 0 Å². The first-order chi connectivity index (χ1) is 32.7. The Balaban J connectivity index is 0.00000539. The molecule has 7 aromatic carbocycles. The van der Waals surface area contributed by atoms with Gasteiger partial charge in [-0.2, -0.15) is 0 Å². The predicted octanol–water partition coefficient (Wildman–Crippen LogP) is 14.9. The minimum absolute atomic E-state index is 0. The molecule has 0 bridgehead atoms. The molecule has 11 rings (SSSR count). The van der Waals surface area contributed by atoms with Gasteiger partial charge in [0.2, 0.25) is 0 Å². The molecule has 0 spiro atoms. The van der Waals surface area contributed by atoms with Gasteiger partial charge in [0.25, 0.3) is 0 Å². The second-order valence-corrected chi connectivity index (χ2v) is 25.7. The van der Waals surface area contributed by atoms with Crippen molar-refractivity contribution in [2.24, 2.45) is 0 Å². The number of pyridine rings is 2. The van der Waals surface area contributed by atoms with Gasteiger partial charge < -0.3 is 0 Å². The fourth-order valence-electron chi connectivity index (χ4n) is 9.74. The third-order valence-electron chi connectivity index (χ3n) is 12.9. The van der Waals surface area contributed by atoms with Crippen LogP contribution in [-0.4, -0.2) is 30.2 Å². The van der Waals surface area contributed by atoms with Crippen molar-refractivity contribution >= 4 is 73.6 Å². The summed E-state index contributed by atoms with van der Waals surface area (Å²) in [5.41, 5.74) is 19.0. The maximum absolute atomic E-state index is 5.20. The summed E-state index contributed by atoms with van der Waals surface area (Å²) in [4.78, 5) is 12.9. The maximum Gasteiger partial charge on any atom is 2.00 e. The van der Waals surface area contributed by atoms with Gasteiger partial charge in [0, 0.05) is 0 Å². The van der Waals surface area contributed by atoms with Crippen LogP contribution in [0.4, 0.5) is 0 Å². The van der Waals surface area contributed by atoms with Gasteiger partial charge in [-0.3, -0.25) is 0 Å². The first-order valence-corrected chi connectivity index (χ1v) is 28.2. The van der Waals surface area contributed by atoms with E-state index < -0.39 is 20.2 Å². The fraction of sp³-hybridized carbons (Fsp3) is 0.0968. The molecular weight excluding hydrogens is 1150 g/mol. The van der Waals surface area contributed by atoms with E-state index in [9.17, 15) is 0 Å². The van der Waals surface area contributed by atoms with Crippen molar-refractivity contribution in [1.29, 1.82) is 0 Å². The molecule has 4 aromatic heterocycles. The van der Waals surface area contributed by atoms with E-state index in [1.54, 1.807) is 0 Å². The molecule has 0 aliphatic carbocycles. The smallest absolute Gasteiger partial charge is 2.00 e. The molecule has 0 radical (unpaired) electrons. The van der Waals surface area contributed by atoms with Crippen LogP contribution in [0.15, 0.2) is 176 Å². The van der Waals surface area contributed by atoms with E-state index in [2.05, 4.69) is 217 Å². The standard InChI is InChI=1S/2C27H19NS.C8H9.Pt.Sb/c2*1-18-8-6-9-19(2)26(18)25-17-23-24(29-25)14-15-28-27(23)22-13-7-12-21(16-22)20-10-4-3-5-11-20;1-7-4-3-5-8(2)6-7;;/h2*3-6,8-12,14-17H,1-2H3;3-5H,1-2H3;;/q2*-1;;+2;. The summed E-state index contributed by atoms with van der Waals surface area (Å²) in [6.07, 6.45) is 3.95. The SMILES string of the molecule is Cc1cccc(C)c1-c1cc2c(-c3[c-][c]([Sb]([c]4[c-]c(-c5nccc6sc(-c7c(C)cccc7C)cc56)cc(-c5ccccc5)c4)[c]4c(C)cccc4C)cc(-c4ccccc4)c3)nccc2s1.[Pt+2]. The molecule has 332 valence electrons. The zero-order valence-electron chi connectivity index (χ0n) is 38.7. The number of aromatic nitrogens is 2. The molecule has 68 heavy (non-hydrogen) atoms. The molecule has 0 saturated carbocycles. The monoisotopic (exact) mass is 1200 g/mol. The first-order valence-electron chi connectivity index (χ1n) is 22.7. The number of nitrogens with zero attached hydrogens (tertiary/aromatic N) is 2. The molecule has 0 N–H and O–H groups in total. The van der Waals surface area contributed by atoms with E-state index >= 15 is 0 Å². The van der Waals surface area contributed by atoms with Gasteiger partial charge in [0.05, 0.1) is 0 Å². The third-order valence-corrected chi connectivity index (χ3v) is 22.6. The van der Waals surface area contributed by atoms with Gasteiger partial charge >= 0.3 is 434 Å². The summed E-state index contributed by atoms with van der Waals surface area (Å²) in [5.74, 6) is 0. The van der Waals surface area contributed by atoms with Crippen LogP contribution in [0, 0.1) is 53.7 Å². The van der Waals surface area contributed by atoms with Gasteiger partial charge in [-0.15, -0.1) is 0 Å². The molecule has 0 unspecified atom stereocenters. The van der Waals surface area contributed by atoms with Crippen LogP contribution in [0.25, 0.3) is 85.8 Å². The number of thiophene rings is 2. The van der Waals surface area contributed by atoms with E-state index in [1.807, 2.05) is 35.1 Å². The van der Waals surface area contributed by atoms with Gasteiger partial charge in [-0.05, 0) is 0 Å². The zero-order valence-corrected chi connectivity index (χ0v) is 45.2. The topological polar surface area (TPSA) is 25.8 Å². The minimum Gasteiger partial charge on any atom is 2.00 e. The number of aryl methyl sites for hydroxylation is 6. The normalized spacial score (nSPS) is 11.4. The van der Waals surface area contributed by atoms with Crippen LogP contribution in [-0.2, 0) is 21.1 Å². The number of hydrogen-bond acceptors (Lipinski definition) is 4. The quantitative estimate of drug-likeness (QED) is 0.106. The van der Waals surface area contributed by atoms with Crippen LogP contribution in [0.2, 0.25) is 0 Å². The van der Waals surface area contributed by atoms with Gasteiger partial charge in [-0.1, -0.05) is 0 Å². The summed E-state index contributed by atoms with van der Waals surface area (Å²) >= 11 is 0.603. The second kappa shape index (κ2) is 19.3. The Kier molecular flexibility index (Phi) is 13.1. The van der Waals surface area contributed by atoms with Gasteiger partial charge in [0.1, 0.15) is 0 Å². The van der Waals surface area contributed by atoms with Crippen LogP contribution in [0.3, 0.4) is 0 Å².